The number of hydrogen-bond donors (Lipinski definition) is 2. The van der Waals surface area contributed by atoms with Gasteiger partial charge in [0.15, 0.2) is 5.82 Å². The van der Waals surface area contributed by atoms with Crippen molar-refractivity contribution in [3.8, 4) is 5.75 Å². The lowest BCUT2D eigenvalue weighted by Gasteiger charge is -2.11. The van der Waals surface area contributed by atoms with Crippen LogP contribution in [0.1, 0.15) is 5.56 Å². The lowest BCUT2D eigenvalue weighted by atomic mass is 10.2. The molecular formula is C15H16F2N2O. The lowest BCUT2D eigenvalue weighted by molar-refractivity contribution is 0.332. The van der Waals surface area contributed by atoms with Crippen LogP contribution in [0.15, 0.2) is 36.4 Å². The van der Waals surface area contributed by atoms with Crippen LogP contribution < -0.4 is 15.8 Å². The van der Waals surface area contributed by atoms with Crippen molar-refractivity contribution < 1.29 is 13.5 Å². The molecule has 0 radical (unpaired) electrons. The molecule has 106 valence electrons. The molecule has 0 unspecified atom stereocenters. The summed E-state index contributed by atoms with van der Waals surface area (Å²) in [6.45, 7) is 2.73. The Labute approximate surface area is 116 Å². The van der Waals surface area contributed by atoms with Crippen molar-refractivity contribution in [2.75, 3.05) is 24.2 Å². The second-order valence-corrected chi connectivity index (χ2v) is 4.44. The molecule has 0 atom stereocenters. The van der Waals surface area contributed by atoms with Gasteiger partial charge in [-0.3, -0.25) is 0 Å². The van der Waals surface area contributed by atoms with Crippen molar-refractivity contribution in [1.82, 2.24) is 0 Å². The number of nitrogens with two attached hydrogens (primary N) is 1. The molecule has 5 heteroatoms. The molecule has 0 aliphatic rings. The SMILES string of the molecule is Cc1cccc(OCCNc2cc(F)cc(F)c2N)c1. The zero-order valence-corrected chi connectivity index (χ0v) is 11.1. The van der Waals surface area contributed by atoms with Gasteiger partial charge < -0.3 is 15.8 Å². The third-order valence-electron chi connectivity index (χ3n) is 2.77. The van der Waals surface area contributed by atoms with Gasteiger partial charge in [-0.15, -0.1) is 0 Å². The third kappa shape index (κ3) is 3.60. The Bertz CT molecular complexity index is 602. The standard InChI is InChI=1S/C15H16F2N2O/c1-10-3-2-4-12(7-10)20-6-5-19-14-9-11(16)8-13(17)15(14)18/h2-4,7-9,19H,5-6,18H2,1H3. The van der Waals surface area contributed by atoms with E-state index >= 15 is 0 Å². The van der Waals surface area contributed by atoms with Crippen LogP contribution in [0.4, 0.5) is 20.2 Å². The second kappa shape index (κ2) is 6.23. The molecule has 3 nitrogen and oxygen atoms in total. The molecule has 0 aliphatic heterocycles. The fraction of sp³-hybridized carbons (Fsp3) is 0.200. The molecule has 0 saturated heterocycles. The quantitative estimate of drug-likeness (QED) is 0.651. The molecular weight excluding hydrogens is 262 g/mol. The number of benzene rings is 2. The van der Waals surface area contributed by atoms with Gasteiger partial charge in [-0.25, -0.2) is 8.78 Å². The molecule has 0 fully saturated rings. The first-order valence-electron chi connectivity index (χ1n) is 6.24. The van der Waals surface area contributed by atoms with Crippen molar-refractivity contribution in [2.24, 2.45) is 0 Å². The van der Waals surface area contributed by atoms with E-state index in [0.717, 1.165) is 23.4 Å². The molecule has 0 amide bonds. The van der Waals surface area contributed by atoms with Crippen molar-refractivity contribution in [3.05, 3.63) is 53.6 Å². The monoisotopic (exact) mass is 278 g/mol. The van der Waals surface area contributed by atoms with Crippen LogP contribution in [-0.4, -0.2) is 13.2 Å². The Hall–Kier alpha value is -2.30. The van der Waals surface area contributed by atoms with Gasteiger partial charge in [0.1, 0.15) is 18.2 Å². The number of hydrogen-bond acceptors (Lipinski definition) is 3. The molecule has 0 bridgehead atoms. The molecule has 2 rings (SSSR count). The molecule has 0 spiro atoms. The first-order chi connectivity index (χ1) is 9.56. The van der Waals surface area contributed by atoms with E-state index in [1.807, 2.05) is 31.2 Å². The van der Waals surface area contributed by atoms with Crippen LogP contribution >= 0.6 is 0 Å². The van der Waals surface area contributed by atoms with Gasteiger partial charge in [-0.1, -0.05) is 12.1 Å². The summed E-state index contributed by atoms with van der Waals surface area (Å²) in [5.74, 6) is -0.684. The number of nitrogen functional groups attached to an aromatic ring is 1. The fourth-order valence-electron chi connectivity index (χ4n) is 1.79. The number of aryl methyl sites for hydroxylation is 1. The Morgan fingerprint density at radius 1 is 1.20 bits per heavy atom. The summed E-state index contributed by atoms with van der Waals surface area (Å²) in [6.07, 6.45) is 0. The zero-order valence-electron chi connectivity index (χ0n) is 11.1. The minimum atomic E-state index is -0.771. The highest BCUT2D eigenvalue weighted by Crippen LogP contribution is 2.23. The van der Waals surface area contributed by atoms with Crippen LogP contribution in [0.2, 0.25) is 0 Å². The number of nitrogens with one attached hydrogen (secondary N) is 1. The van der Waals surface area contributed by atoms with E-state index in [-0.39, 0.29) is 11.4 Å². The lowest BCUT2D eigenvalue weighted by Crippen LogP contribution is -2.13. The number of halogens is 2. The van der Waals surface area contributed by atoms with Gasteiger partial charge in [0.2, 0.25) is 0 Å². The van der Waals surface area contributed by atoms with E-state index in [4.69, 9.17) is 10.5 Å². The molecule has 0 aliphatic carbocycles. The van der Waals surface area contributed by atoms with Crippen molar-refractivity contribution in [3.63, 3.8) is 0 Å². The molecule has 2 aromatic rings. The average molecular weight is 278 g/mol. The molecule has 3 N–H and O–H groups in total. The van der Waals surface area contributed by atoms with Gasteiger partial charge in [-0.2, -0.15) is 0 Å². The zero-order chi connectivity index (χ0) is 14.5. The van der Waals surface area contributed by atoms with Crippen molar-refractivity contribution >= 4 is 11.4 Å². The number of ether oxygens (including phenoxy) is 1. The Kier molecular flexibility index (Phi) is 4.40. The summed E-state index contributed by atoms with van der Waals surface area (Å²) in [7, 11) is 0. The molecule has 0 heterocycles. The van der Waals surface area contributed by atoms with Gasteiger partial charge >= 0.3 is 0 Å². The van der Waals surface area contributed by atoms with Gasteiger partial charge in [-0.05, 0) is 30.7 Å². The summed E-state index contributed by atoms with van der Waals surface area (Å²) in [5.41, 5.74) is 6.76. The normalized spacial score (nSPS) is 10.3. The summed E-state index contributed by atoms with van der Waals surface area (Å²) in [4.78, 5) is 0. The smallest absolute Gasteiger partial charge is 0.151 e. The maximum absolute atomic E-state index is 13.2. The van der Waals surface area contributed by atoms with Gasteiger partial charge in [0, 0.05) is 12.6 Å². The maximum atomic E-state index is 13.2. The van der Waals surface area contributed by atoms with Crippen molar-refractivity contribution in [1.29, 1.82) is 0 Å². The Morgan fingerprint density at radius 3 is 2.75 bits per heavy atom. The minimum absolute atomic E-state index is 0.0954. The number of anilines is 2. The van der Waals surface area contributed by atoms with Gasteiger partial charge in [0.05, 0.1) is 11.4 Å². The average Bonchev–Trinajstić information content (AvgIpc) is 2.40. The van der Waals surface area contributed by atoms with Crippen molar-refractivity contribution in [2.45, 2.75) is 6.92 Å². The van der Waals surface area contributed by atoms with Crippen LogP contribution in [-0.2, 0) is 0 Å². The van der Waals surface area contributed by atoms with Crippen LogP contribution in [0.25, 0.3) is 0 Å². The molecule has 20 heavy (non-hydrogen) atoms. The molecule has 0 saturated carbocycles. The predicted molar refractivity (Wildman–Crippen MR) is 75.9 cm³/mol. The highest BCUT2D eigenvalue weighted by Gasteiger charge is 2.07. The van der Waals surface area contributed by atoms with Crippen LogP contribution in [0.5, 0.6) is 5.75 Å². The van der Waals surface area contributed by atoms with E-state index in [2.05, 4.69) is 5.32 Å². The minimum Gasteiger partial charge on any atom is -0.492 e. The van der Waals surface area contributed by atoms with Crippen LogP contribution in [0.3, 0.4) is 0 Å². The fourth-order valence-corrected chi connectivity index (χ4v) is 1.79. The maximum Gasteiger partial charge on any atom is 0.151 e. The Balaban J connectivity index is 1.87. The first kappa shape index (κ1) is 14.1. The molecule has 2 aromatic carbocycles. The largest absolute Gasteiger partial charge is 0.492 e. The summed E-state index contributed by atoms with van der Waals surface area (Å²) in [6, 6.07) is 9.55. The topological polar surface area (TPSA) is 47.3 Å². The van der Waals surface area contributed by atoms with E-state index in [9.17, 15) is 8.78 Å². The highest BCUT2D eigenvalue weighted by molar-refractivity contribution is 5.66. The summed E-state index contributed by atoms with van der Waals surface area (Å²) < 4.78 is 31.8. The van der Waals surface area contributed by atoms with Crippen LogP contribution in [0, 0.1) is 18.6 Å². The summed E-state index contributed by atoms with van der Waals surface area (Å²) in [5, 5.41) is 2.85. The third-order valence-corrected chi connectivity index (χ3v) is 2.77. The predicted octanol–water partition coefficient (Wildman–Crippen LogP) is 3.35. The first-order valence-corrected chi connectivity index (χ1v) is 6.24. The van der Waals surface area contributed by atoms with E-state index in [1.165, 1.54) is 0 Å². The number of rotatable bonds is 5. The van der Waals surface area contributed by atoms with E-state index < -0.39 is 11.6 Å². The van der Waals surface area contributed by atoms with E-state index in [0.29, 0.717) is 13.2 Å². The Morgan fingerprint density at radius 2 is 2.00 bits per heavy atom. The van der Waals surface area contributed by atoms with Gasteiger partial charge in [0.25, 0.3) is 0 Å². The van der Waals surface area contributed by atoms with E-state index in [1.54, 1.807) is 0 Å². The second-order valence-electron chi connectivity index (χ2n) is 4.44. The summed E-state index contributed by atoms with van der Waals surface area (Å²) >= 11 is 0. The highest BCUT2D eigenvalue weighted by atomic mass is 19.1. The molecule has 0 aromatic heterocycles.